The standard InChI is InChI=1S/C13H20N4/c1-4-13(5-2,6-3)17-11-7-8-15-9-10(11)16-12(17)14/h7-9H,4-6H2,1-3H3,(H2,14,16). The van der Waals surface area contributed by atoms with Crippen molar-refractivity contribution in [3.8, 4) is 0 Å². The van der Waals surface area contributed by atoms with Crippen molar-refractivity contribution in [2.24, 2.45) is 0 Å². The summed E-state index contributed by atoms with van der Waals surface area (Å²) in [5.41, 5.74) is 8.13. The van der Waals surface area contributed by atoms with E-state index in [1.807, 2.05) is 6.07 Å². The molecule has 0 aliphatic rings. The van der Waals surface area contributed by atoms with Gasteiger partial charge in [0, 0.05) is 11.7 Å². The lowest BCUT2D eigenvalue weighted by atomic mass is 9.89. The van der Waals surface area contributed by atoms with E-state index in [1.165, 1.54) is 0 Å². The number of pyridine rings is 1. The van der Waals surface area contributed by atoms with E-state index < -0.39 is 0 Å². The maximum atomic E-state index is 6.09. The second-order valence-electron chi connectivity index (χ2n) is 4.45. The summed E-state index contributed by atoms with van der Waals surface area (Å²) in [7, 11) is 0. The van der Waals surface area contributed by atoms with Crippen LogP contribution in [0.5, 0.6) is 0 Å². The van der Waals surface area contributed by atoms with Crippen molar-refractivity contribution in [1.29, 1.82) is 0 Å². The lowest BCUT2D eigenvalue weighted by molar-refractivity contribution is 0.262. The van der Waals surface area contributed by atoms with Crippen molar-refractivity contribution in [3.05, 3.63) is 18.5 Å². The van der Waals surface area contributed by atoms with Gasteiger partial charge in [0.2, 0.25) is 5.95 Å². The van der Waals surface area contributed by atoms with E-state index in [0.29, 0.717) is 5.95 Å². The van der Waals surface area contributed by atoms with Crippen molar-refractivity contribution in [1.82, 2.24) is 14.5 Å². The molecule has 2 rings (SSSR count). The number of imidazole rings is 1. The number of rotatable bonds is 4. The number of nitrogens with two attached hydrogens (primary N) is 1. The molecule has 0 saturated carbocycles. The van der Waals surface area contributed by atoms with Crippen LogP contribution in [0.1, 0.15) is 40.0 Å². The zero-order chi connectivity index (χ0) is 12.5. The van der Waals surface area contributed by atoms with Gasteiger partial charge in [-0.05, 0) is 25.3 Å². The van der Waals surface area contributed by atoms with Crippen LogP contribution in [0.3, 0.4) is 0 Å². The molecule has 17 heavy (non-hydrogen) atoms. The fourth-order valence-electron chi connectivity index (χ4n) is 2.67. The second kappa shape index (κ2) is 4.35. The molecule has 0 radical (unpaired) electrons. The third-order valence-corrected chi connectivity index (χ3v) is 3.93. The Balaban J connectivity index is 2.72. The summed E-state index contributed by atoms with van der Waals surface area (Å²) >= 11 is 0. The smallest absolute Gasteiger partial charge is 0.201 e. The highest BCUT2D eigenvalue weighted by Gasteiger charge is 2.29. The van der Waals surface area contributed by atoms with Crippen LogP contribution in [0.4, 0.5) is 5.95 Å². The quantitative estimate of drug-likeness (QED) is 0.881. The van der Waals surface area contributed by atoms with Crippen LogP contribution in [0, 0.1) is 0 Å². The van der Waals surface area contributed by atoms with E-state index in [-0.39, 0.29) is 5.54 Å². The maximum Gasteiger partial charge on any atom is 0.201 e. The molecule has 2 N–H and O–H groups in total. The SMILES string of the molecule is CCC(CC)(CC)n1c(N)nc2cnccc21. The highest BCUT2D eigenvalue weighted by molar-refractivity contribution is 5.77. The van der Waals surface area contributed by atoms with Gasteiger partial charge < -0.3 is 10.3 Å². The van der Waals surface area contributed by atoms with E-state index in [1.54, 1.807) is 12.4 Å². The topological polar surface area (TPSA) is 56.7 Å². The normalized spacial score (nSPS) is 12.2. The van der Waals surface area contributed by atoms with Gasteiger partial charge in [-0.3, -0.25) is 4.98 Å². The van der Waals surface area contributed by atoms with Gasteiger partial charge in [-0.15, -0.1) is 0 Å². The summed E-state index contributed by atoms with van der Waals surface area (Å²) in [6, 6.07) is 1.99. The molecule has 0 aliphatic heterocycles. The van der Waals surface area contributed by atoms with Crippen molar-refractivity contribution < 1.29 is 0 Å². The summed E-state index contributed by atoms with van der Waals surface area (Å²) in [4.78, 5) is 8.50. The predicted octanol–water partition coefficient (Wildman–Crippen LogP) is 2.94. The molecule has 4 heteroatoms. The van der Waals surface area contributed by atoms with Crippen LogP contribution in [0.2, 0.25) is 0 Å². The summed E-state index contributed by atoms with van der Waals surface area (Å²) in [5, 5.41) is 0. The zero-order valence-electron chi connectivity index (χ0n) is 10.8. The molecule has 2 aromatic heterocycles. The highest BCUT2D eigenvalue weighted by atomic mass is 15.2. The number of nitrogens with zero attached hydrogens (tertiary/aromatic N) is 3. The molecule has 0 bridgehead atoms. The number of anilines is 1. The summed E-state index contributed by atoms with van der Waals surface area (Å²) in [6.07, 6.45) is 6.73. The molecular weight excluding hydrogens is 212 g/mol. The molecule has 0 amide bonds. The van der Waals surface area contributed by atoms with E-state index in [0.717, 1.165) is 30.3 Å². The van der Waals surface area contributed by atoms with Gasteiger partial charge in [-0.25, -0.2) is 4.98 Å². The van der Waals surface area contributed by atoms with Gasteiger partial charge in [-0.1, -0.05) is 20.8 Å². The van der Waals surface area contributed by atoms with Gasteiger partial charge in [0.05, 0.1) is 11.7 Å². The average molecular weight is 232 g/mol. The van der Waals surface area contributed by atoms with E-state index in [2.05, 4.69) is 35.3 Å². The van der Waals surface area contributed by atoms with Crippen LogP contribution in [0.25, 0.3) is 11.0 Å². The first kappa shape index (κ1) is 11.9. The monoisotopic (exact) mass is 232 g/mol. The molecule has 4 nitrogen and oxygen atoms in total. The largest absolute Gasteiger partial charge is 0.369 e. The Labute approximate surface area is 102 Å². The van der Waals surface area contributed by atoms with Crippen LogP contribution >= 0.6 is 0 Å². The van der Waals surface area contributed by atoms with Gasteiger partial charge in [0.15, 0.2) is 0 Å². The van der Waals surface area contributed by atoms with E-state index in [4.69, 9.17) is 5.73 Å². The molecule has 92 valence electrons. The molecule has 0 atom stereocenters. The fraction of sp³-hybridized carbons (Fsp3) is 0.538. The second-order valence-corrected chi connectivity index (χ2v) is 4.45. The minimum absolute atomic E-state index is 0.0696. The molecule has 0 spiro atoms. The minimum Gasteiger partial charge on any atom is -0.369 e. The molecule has 0 aromatic carbocycles. The van der Waals surface area contributed by atoms with Crippen LogP contribution < -0.4 is 5.73 Å². The Hall–Kier alpha value is -1.58. The zero-order valence-corrected chi connectivity index (χ0v) is 10.8. The number of hydrogen-bond acceptors (Lipinski definition) is 3. The lowest BCUT2D eigenvalue weighted by Crippen LogP contribution is -2.32. The van der Waals surface area contributed by atoms with Crippen molar-refractivity contribution in [2.75, 3.05) is 5.73 Å². The van der Waals surface area contributed by atoms with Crippen LogP contribution in [-0.4, -0.2) is 14.5 Å². The minimum atomic E-state index is 0.0696. The Kier molecular flexibility index (Phi) is 3.05. The first-order valence-corrected chi connectivity index (χ1v) is 6.27. The van der Waals surface area contributed by atoms with Gasteiger partial charge in [-0.2, -0.15) is 0 Å². The highest BCUT2D eigenvalue weighted by Crippen LogP contribution is 2.34. The average Bonchev–Trinajstić information content (AvgIpc) is 2.70. The Morgan fingerprint density at radius 3 is 2.47 bits per heavy atom. The van der Waals surface area contributed by atoms with Gasteiger partial charge >= 0.3 is 0 Å². The maximum absolute atomic E-state index is 6.09. The summed E-state index contributed by atoms with van der Waals surface area (Å²) in [6.45, 7) is 6.62. The predicted molar refractivity (Wildman–Crippen MR) is 70.8 cm³/mol. The third-order valence-electron chi connectivity index (χ3n) is 3.93. The molecule has 0 aliphatic carbocycles. The van der Waals surface area contributed by atoms with Crippen molar-refractivity contribution in [3.63, 3.8) is 0 Å². The Morgan fingerprint density at radius 2 is 1.88 bits per heavy atom. The number of fused-ring (bicyclic) bond motifs is 1. The first-order valence-electron chi connectivity index (χ1n) is 6.27. The molecule has 2 aromatic rings. The first-order chi connectivity index (χ1) is 8.18. The molecule has 2 heterocycles. The van der Waals surface area contributed by atoms with Crippen LogP contribution in [-0.2, 0) is 5.54 Å². The number of nitrogen functional groups attached to an aromatic ring is 1. The Bertz CT molecular complexity index is 503. The van der Waals surface area contributed by atoms with E-state index in [9.17, 15) is 0 Å². The van der Waals surface area contributed by atoms with Crippen molar-refractivity contribution in [2.45, 2.75) is 45.6 Å². The van der Waals surface area contributed by atoms with Crippen molar-refractivity contribution >= 4 is 17.0 Å². The lowest BCUT2D eigenvalue weighted by Gasteiger charge is -2.33. The third kappa shape index (κ3) is 1.68. The van der Waals surface area contributed by atoms with E-state index >= 15 is 0 Å². The Morgan fingerprint density at radius 1 is 1.24 bits per heavy atom. The molecule has 0 fully saturated rings. The molecule has 0 saturated heterocycles. The fourth-order valence-corrected chi connectivity index (χ4v) is 2.67. The molecule has 0 unspecified atom stereocenters. The summed E-state index contributed by atoms with van der Waals surface area (Å²) in [5.74, 6) is 0.596. The molecular formula is C13H20N4. The van der Waals surface area contributed by atoms with Gasteiger partial charge in [0.1, 0.15) is 5.52 Å². The summed E-state index contributed by atoms with van der Waals surface area (Å²) < 4.78 is 2.18. The van der Waals surface area contributed by atoms with Gasteiger partial charge in [0.25, 0.3) is 0 Å². The number of aromatic nitrogens is 3. The number of hydrogen-bond donors (Lipinski definition) is 1. The van der Waals surface area contributed by atoms with Crippen LogP contribution in [0.15, 0.2) is 18.5 Å².